The third kappa shape index (κ3) is 4.83. The first kappa shape index (κ1) is 13.1. The molecule has 68 valence electrons. The Morgan fingerprint density at radius 3 is 1.82 bits per heavy atom. The number of hydrogen-bond acceptors (Lipinski definition) is 4. The van der Waals surface area contributed by atoms with E-state index >= 15 is 0 Å². The van der Waals surface area contributed by atoms with Crippen LogP contribution in [0.25, 0.3) is 0 Å². The standard InChI is InChI=1S/C5H10O5.ClH/c1-5(8-2,9-3)10-4(6)7;/h1-3H3,(H,6,7);1H. The van der Waals surface area contributed by atoms with E-state index in [1.54, 1.807) is 0 Å². The van der Waals surface area contributed by atoms with Gasteiger partial charge in [0.1, 0.15) is 0 Å². The molecule has 6 heteroatoms. The van der Waals surface area contributed by atoms with Gasteiger partial charge in [-0.3, -0.25) is 0 Å². The van der Waals surface area contributed by atoms with Crippen LogP contribution in [-0.2, 0) is 14.2 Å². The molecule has 0 aliphatic rings. The van der Waals surface area contributed by atoms with E-state index in [9.17, 15) is 4.79 Å². The minimum Gasteiger partial charge on any atom is -0.450 e. The van der Waals surface area contributed by atoms with E-state index in [-0.39, 0.29) is 12.4 Å². The summed E-state index contributed by atoms with van der Waals surface area (Å²) in [6.45, 7) is 1.35. The van der Waals surface area contributed by atoms with Crippen molar-refractivity contribution in [2.24, 2.45) is 0 Å². The highest BCUT2D eigenvalue weighted by atomic mass is 35.5. The molecule has 0 atom stereocenters. The van der Waals surface area contributed by atoms with Crippen LogP contribution in [0.15, 0.2) is 0 Å². The molecule has 0 bridgehead atoms. The van der Waals surface area contributed by atoms with Crippen molar-refractivity contribution in [3.05, 3.63) is 0 Å². The largest absolute Gasteiger partial charge is 0.510 e. The molecule has 0 saturated heterocycles. The van der Waals surface area contributed by atoms with Crippen LogP contribution in [0.5, 0.6) is 0 Å². The van der Waals surface area contributed by atoms with Crippen LogP contribution in [0.3, 0.4) is 0 Å². The van der Waals surface area contributed by atoms with Crippen LogP contribution in [0.2, 0.25) is 0 Å². The van der Waals surface area contributed by atoms with E-state index in [0.29, 0.717) is 0 Å². The minimum absolute atomic E-state index is 0. The minimum atomic E-state index is -1.49. The molecular formula is C5H11ClO5. The summed E-state index contributed by atoms with van der Waals surface area (Å²) in [4.78, 5) is 9.95. The lowest BCUT2D eigenvalue weighted by atomic mass is 10.6. The van der Waals surface area contributed by atoms with E-state index in [4.69, 9.17) is 5.11 Å². The van der Waals surface area contributed by atoms with Gasteiger partial charge in [0.2, 0.25) is 0 Å². The number of carbonyl (C=O) groups is 1. The summed E-state index contributed by atoms with van der Waals surface area (Å²) in [6.07, 6.45) is -1.44. The van der Waals surface area contributed by atoms with Crippen molar-refractivity contribution in [1.29, 1.82) is 0 Å². The van der Waals surface area contributed by atoms with Gasteiger partial charge in [-0.1, -0.05) is 0 Å². The maximum atomic E-state index is 9.95. The fourth-order valence-corrected chi connectivity index (χ4v) is 0.325. The highest BCUT2D eigenvalue weighted by molar-refractivity contribution is 5.85. The van der Waals surface area contributed by atoms with Crippen LogP contribution in [0.1, 0.15) is 6.92 Å². The van der Waals surface area contributed by atoms with Crippen LogP contribution in [-0.4, -0.2) is 31.5 Å². The highest BCUT2D eigenvalue weighted by Gasteiger charge is 2.27. The zero-order valence-electron chi connectivity index (χ0n) is 6.49. The van der Waals surface area contributed by atoms with Gasteiger partial charge >= 0.3 is 12.1 Å². The summed E-state index contributed by atoms with van der Waals surface area (Å²) < 4.78 is 13.4. The Morgan fingerprint density at radius 2 is 1.73 bits per heavy atom. The zero-order chi connectivity index (χ0) is 8.20. The van der Waals surface area contributed by atoms with Gasteiger partial charge in [-0.25, -0.2) is 4.79 Å². The number of rotatable bonds is 3. The normalized spacial score (nSPS) is 10.1. The summed E-state index contributed by atoms with van der Waals surface area (Å²) in [7, 11) is 2.57. The molecular weight excluding hydrogens is 176 g/mol. The first-order chi connectivity index (χ1) is 4.54. The summed E-state index contributed by atoms with van der Waals surface area (Å²) in [6, 6.07) is 0. The summed E-state index contributed by atoms with van der Waals surface area (Å²) in [5, 5.41) is 8.13. The van der Waals surface area contributed by atoms with Crippen LogP contribution in [0, 0.1) is 0 Å². The van der Waals surface area contributed by atoms with Gasteiger partial charge in [0.05, 0.1) is 0 Å². The number of methoxy groups -OCH3 is 2. The highest BCUT2D eigenvalue weighted by Crippen LogP contribution is 2.10. The number of hydrogen-bond donors (Lipinski definition) is 1. The molecule has 0 rings (SSSR count). The topological polar surface area (TPSA) is 65.0 Å². The van der Waals surface area contributed by atoms with E-state index in [0.717, 1.165) is 0 Å². The summed E-state index contributed by atoms with van der Waals surface area (Å²) >= 11 is 0. The fraction of sp³-hybridized carbons (Fsp3) is 0.800. The molecule has 0 unspecified atom stereocenters. The maximum Gasteiger partial charge on any atom is 0.510 e. The average molecular weight is 187 g/mol. The molecule has 11 heavy (non-hydrogen) atoms. The van der Waals surface area contributed by atoms with Crippen LogP contribution >= 0.6 is 12.4 Å². The zero-order valence-corrected chi connectivity index (χ0v) is 7.30. The van der Waals surface area contributed by atoms with Crippen molar-refractivity contribution in [1.82, 2.24) is 0 Å². The van der Waals surface area contributed by atoms with Gasteiger partial charge in [0.15, 0.2) is 0 Å². The van der Waals surface area contributed by atoms with Crippen molar-refractivity contribution in [2.45, 2.75) is 12.9 Å². The monoisotopic (exact) mass is 186 g/mol. The van der Waals surface area contributed by atoms with Gasteiger partial charge in [-0.15, -0.1) is 12.4 Å². The molecule has 0 heterocycles. The Hall–Kier alpha value is -0.520. The van der Waals surface area contributed by atoms with Crippen molar-refractivity contribution < 1.29 is 24.1 Å². The molecule has 0 aromatic heterocycles. The average Bonchev–Trinajstić information content (AvgIpc) is 1.87. The molecule has 0 amide bonds. The molecule has 0 radical (unpaired) electrons. The van der Waals surface area contributed by atoms with Gasteiger partial charge < -0.3 is 19.3 Å². The molecule has 0 fully saturated rings. The lowest BCUT2D eigenvalue weighted by molar-refractivity contribution is -0.327. The third-order valence-corrected chi connectivity index (χ3v) is 1.01. The number of carboxylic acid groups (broad SMARTS) is 1. The molecule has 0 spiro atoms. The summed E-state index contributed by atoms with van der Waals surface area (Å²) in [5.74, 6) is -1.49. The quantitative estimate of drug-likeness (QED) is 0.528. The Morgan fingerprint density at radius 1 is 1.36 bits per heavy atom. The molecule has 0 aromatic rings. The Bertz CT molecular complexity index is 122. The molecule has 0 aliphatic heterocycles. The predicted octanol–water partition coefficient (Wildman–Crippen LogP) is 1.07. The molecule has 0 saturated carbocycles. The first-order valence-corrected chi connectivity index (χ1v) is 2.56. The number of ether oxygens (including phenoxy) is 3. The lowest BCUT2D eigenvalue weighted by Gasteiger charge is -2.23. The molecule has 0 aliphatic carbocycles. The van der Waals surface area contributed by atoms with Crippen molar-refractivity contribution in [3.63, 3.8) is 0 Å². The molecule has 0 aromatic carbocycles. The van der Waals surface area contributed by atoms with Crippen LogP contribution in [0.4, 0.5) is 4.79 Å². The SMILES string of the molecule is COC(C)(OC)OC(=O)O.Cl. The molecule has 1 N–H and O–H groups in total. The fourth-order valence-electron chi connectivity index (χ4n) is 0.325. The van der Waals surface area contributed by atoms with Crippen LogP contribution < -0.4 is 0 Å². The Labute approximate surface area is 70.6 Å². The number of halogens is 1. The van der Waals surface area contributed by atoms with E-state index in [2.05, 4.69) is 14.2 Å². The predicted molar refractivity (Wildman–Crippen MR) is 38.8 cm³/mol. The van der Waals surface area contributed by atoms with E-state index < -0.39 is 12.1 Å². The van der Waals surface area contributed by atoms with Gasteiger partial charge in [-0.05, 0) is 0 Å². The van der Waals surface area contributed by atoms with Crippen molar-refractivity contribution in [2.75, 3.05) is 14.2 Å². The Kier molecular flexibility index (Phi) is 6.16. The Balaban J connectivity index is 0. The third-order valence-electron chi connectivity index (χ3n) is 1.01. The van der Waals surface area contributed by atoms with E-state index in [1.165, 1.54) is 21.1 Å². The maximum absolute atomic E-state index is 9.95. The van der Waals surface area contributed by atoms with E-state index in [1.807, 2.05) is 0 Å². The second-order valence-electron chi connectivity index (χ2n) is 1.64. The molecule has 5 nitrogen and oxygen atoms in total. The van der Waals surface area contributed by atoms with Crippen molar-refractivity contribution in [3.8, 4) is 0 Å². The second kappa shape index (κ2) is 5.17. The van der Waals surface area contributed by atoms with Gasteiger partial charge in [0, 0.05) is 21.1 Å². The van der Waals surface area contributed by atoms with Crippen molar-refractivity contribution >= 4 is 18.6 Å². The summed E-state index contributed by atoms with van der Waals surface area (Å²) in [5.41, 5.74) is 0. The lowest BCUT2D eigenvalue weighted by Crippen LogP contribution is -2.35. The van der Waals surface area contributed by atoms with Gasteiger partial charge in [0.25, 0.3) is 0 Å². The second-order valence-corrected chi connectivity index (χ2v) is 1.64. The van der Waals surface area contributed by atoms with Gasteiger partial charge in [-0.2, -0.15) is 0 Å². The first-order valence-electron chi connectivity index (χ1n) is 2.56. The smallest absolute Gasteiger partial charge is 0.450 e.